The predicted octanol–water partition coefficient (Wildman–Crippen LogP) is 5.92. The molecule has 1 aliphatic heterocycles. The lowest BCUT2D eigenvalue weighted by atomic mass is 10.0. The van der Waals surface area contributed by atoms with Crippen molar-refractivity contribution in [2.24, 2.45) is 5.92 Å². The number of hydrogen-bond donors (Lipinski definition) is 1. The molecule has 0 saturated heterocycles. The third-order valence-electron chi connectivity index (χ3n) is 6.00. The largest absolute Gasteiger partial charge is 0.352 e. The molecule has 1 N–H and O–H groups in total. The molecule has 0 fully saturated rings. The minimum Gasteiger partial charge on any atom is -0.352 e. The highest BCUT2D eigenvalue weighted by molar-refractivity contribution is 8.01. The highest BCUT2D eigenvalue weighted by Crippen LogP contribution is 2.42. The number of fused-ring (bicyclic) bond motifs is 1. The van der Waals surface area contributed by atoms with Crippen LogP contribution in [0.2, 0.25) is 5.02 Å². The smallest absolute Gasteiger partial charge is 0.241 e. The fraction of sp³-hybridized carbons (Fsp3) is 0.259. The lowest BCUT2D eigenvalue weighted by Gasteiger charge is -2.36. The van der Waals surface area contributed by atoms with Gasteiger partial charge in [0.05, 0.1) is 18.2 Å². The van der Waals surface area contributed by atoms with Crippen molar-refractivity contribution in [3.8, 4) is 0 Å². The fourth-order valence-corrected chi connectivity index (χ4v) is 5.36. The molecule has 170 valence electrons. The van der Waals surface area contributed by atoms with Gasteiger partial charge in [-0.15, -0.1) is 11.8 Å². The summed E-state index contributed by atoms with van der Waals surface area (Å²) in [6.45, 7) is 6.83. The topological polar surface area (TPSA) is 49.4 Å². The number of amides is 2. The molecule has 3 aromatic rings. The summed E-state index contributed by atoms with van der Waals surface area (Å²) in [7, 11) is 0. The van der Waals surface area contributed by atoms with Gasteiger partial charge in [0.1, 0.15) is 5.25 Å². The quantitative estimate of drug-likeness (QED) is 0.478. The molecule has 2 atom stereocenters. The van der Waals surface area contributed by atoms with Crippen LogP contribution >= 0.6 is 23.4 Å². The molecule has 0 saturated carbocycles. The van der Waals surface area contributed by atoms with Crippen LogP contribution in [0.5, 0.6) is 0 Å². The van der Waals surface area contributed by atoms with Crippen LogP contribution in [0, 0.1) is 19.8 Å². The lowest BCUT2D eigenvalue weighted by Crippen LogP contribution is -2.47. The van der Waals surface area contributed by atoms with Crippen LogP contribution in [-0.2, 0) is 22.7 Å². The Balaban J connectivity index is 1.55. The maximum absolute atomic E-state index is 13.7. The van der Waals surface area contributed by atoms with Gasteiger partial charge < -0.3 is 10.2 Å². The molecule has 0 aliphatic carbocycles. The number of halogens is 1. The summed E-state index contributed by atoms with van der Waals surface area (Å²) in [5, 5.41) is 3.14. The average Bonchev–Trinajstić information content (AvgIpc) is 2.81. The Hall–Kier alpha value is -2.76. The van der Waals surface area contributed by atoms with Gasteiger partial charge in [0.15, 0.2) is 0 Å². The van der Waals surface area contributed by atoms with Crippen LogP contribution in [0.25, 0.3) is 0 Å². The van der Waals surface area contributed by atoms with Gasteiger partial charge in [-0.3, -0.25) is 9.59 Å². The van der Waals surface area contributed by atoms with E-state index in [-0.39, 0.29) is 11.8 Å². The minimum atomic E-state index is -0.491. The number of rotatable bonds is 6. The lowest BCUT2D eigenvalue weighted by molar-refractivity contribution is -0.128. The Labute approximate surface area is 204 Å². The van der Waals surface area contributed by atoms with Crippen LogP contribution in [-0.4, -0.2) is 17.1 Å². The third kappa shape index (κ3) is 5.26. The van der Waals surface area contributed by atoms with Crippen molar-refractivity contribution in [1.82, 2.24) is 5.32 Å². The molecular weight excluding hydrogens is 452 g/mol. The van der Waals surface area contributed by atoms with E-state index >= 15 is 0 Å². The molecule has 0 aromatic heterocycles. The summed E-state index contributed by atoms with van der Waals surface area (Å²) < 4.78 is 0. The van der Waals surface area contributed by atoms with E-state index in [2.05, 4.69) is 37.4 Å². The molecule has 0 radical (unpaired) electrons. The first-order valence-electron chi connectivity index (χ1n) is 11.0. The monoisotopic (exact) mass is 478 g/mol. The summed E-state index contributed by atoms with van der Waals surface area (Å²) in [5.41, 5.74) is 5.29. The van der Waals surface area contributed by atoms with E-state index in [0.717, 1.165) is 32.8 Å². The van der Waals surface area contributed by atoms with Gasteiger partial charge in [-0.1, -0.05) is 66.6 Å². The standard InChI is InChI=1S/C27H27ClN2O2S/c1-17-8-9-18(2)21(14-17)16-30-23-6-4-5-7-24(23)33-25(27(30)32)19(3)26(31)29-15-20-10-12-22(28)13-11-20/h4-14,19,25H,15-16H2,1-3H3,(H,29,31)/t19-,25+/m1/s1. The molecule has 0 spiro atoms. The normalized spacial score (nSPS) is 16.3. The van der Waals surface area contributed by atoms with E-state index in [4.69, 9.17) is 11.6 Å². The second-order valence-corrected chi connectivity index (χ2v) is 10.1. The Bertz CT molecular complexity index is 1180. The number of thioether (sulfide) groups is 1. The first-order valence-corrected chi connectivity index (χ1v) is 12.2. The van der Waals surface area contributed by atoms with E-state index in [1.54, 1.807) is 12.1 Å². The van der Waals surface area contributed by atoms with Gasteiger partial charge >= 0.3 is 0 Å². The Kier molecular flexibility index (Phi) is 7.11. The molecule has 3 aromatic carbocycles. The van der Waals surface area contributed by atoms with Crippen molar-refractivity contribution in [3.05, 3.63) is 94.0 Å². The minimum absolute atomic E-state index is 0.0336. The van der Waals surface area contributed by atoms with Gasteiger partial charge in [-0.25, -0.2) is 0 Å². The van der Waals surface area contributed by atoms with Crippen molar-refractivity contribution >= 4 is 40.9 Å². The SMILES string of the molecule is Cc1ccc(C)c(CN2C(=O)[C@H]([C@@H](C)C(=O)NCc3ccc(Cl)cc3)Sc3ccccc32)c1. The van der Waals surface area contributed by atoms with Crippen LogP contribution in [0.15, 0.2) is 71.6 Å². The van der Waals surface area contributed by atoms with Gasteiger partial charge in [0, 0.05) is 16.5 Å². The van der Waals surface area contributed by atoms with Crippen LogP contribution in [0.4, 0.5) is 5.69 Å². The number of para-hydroxylation sites is 1. The molecule has 4 rings (SSSR count). The molecule has 0 bridgehead atoms. The Morgan fingerprint density at radius 1 is 1.09 bits per heavy atom. The van der Waals surface area contributed by atoms with Crippen molar-refractivity contribution in [2.45, 2.75) is 44.0 Å². The van der Waals surface area contributed by atoms with Crippen molar-refractivity contribution in [2.75, 3.05) is 4.90 Å². The molecule has 1 heterocycles. The van der Waals surface area contributed by atoms with E-state index in [9.17, 15) is 9.59 Å². The number of nitrogens with one attached hydrogen (secondary N) is 1. The number of anilines is 1. The summed E-state index contributed by atoms with van der Waals surface area (Å²) in [6.07, 6.45) is 0. The van der Waals surface area contributed by atoms with Gasteiger partial charge in [0.2, 0.25) is 11.8 Å². The molecule has 0 unspecified atom stereocenters. The van der Waals surface area contributed by atoms with Crippen LogP contribution in [0.1, 0.15) is 29.2 Å². The summed E-state index contributed by atoms with van der Waals surface area (Å²) in [6, 6.07) is 21.6. The first kappa shape index (κ1) is 23.4. The van der Waals surface area contributed by atoms with Crippen molar-refractivity contribution < 1.29 is 9.59 Å². The molecule has 2 amide bonds. The molecule has 1 aliphatic rings. The van der Waals surface area contributed by atoms with Gasteiger partial charge in [-0.2, -0.15) is 0 Å². The zero-order valence-corrected chi connectivity index (χ0v) is 20.5. The maximum atomic E-state index is 13.7. The molecule has 4 nitrogen and oxygen atoms in total. The second-order valence-electron chi connectivity index (χ2n) is 8.49. The Morgan fingerprint density at radius 3 is 2.58 bits per heavy atom. The van der Waals surface area contributed by atoms with E-state index in [1.807, 2.05) is 48.2 Å². The number of nitrogens with zero attached hydrogens (tertiary/aromatic N) is 1. The summed E-state index contributed by atoms with van der Waals surface area (Å²) in [5.74, 6) is -0.653. The van der Waals surface area contributed by atoms with E-state index in [1.165, 1.54) is 11.8 Å². The number of carbonyl (C=O) groups is 2. The van der Waals surface area contributed by atoms with Crippen molar-refractivity contribution in [1.29, 1.82) is 0 Å². The molecule has 33 heavy (non-hydrogen) atoms. The third-order valence-corrected chi connectivity index (χ3v) is 7.72. The van der Waals surface area contributed by atoms with Gasteiger partial charge in [0.25, 0.3) is 0 Å². The van der Waals surface area contributed by atoms with Crippen molar-refractivity contribution in [3.63, 3.8) is 0 Å². The maximum Gasteiger partial charge on any atom is 0.241 e. The predicted molar refractivity (Wildman–Crippen MR) is 136 cm³/mol. The van der Waals surface area contributed by atoms with Gasteiger partial charge in [-0.05, 0) is 54.8 Å². The van der Waals surface area contributed by atoms with Crippen LogP contribution in [0.3, 0.4) is 0 Å². The highest BCUT2D eigenvalue weighted by atomic mass is 35.5. The fourth-order valence-electron chi connectivity index (χ4n) is 3.95. The van der Waals surface area contributed by atoms with Crippen LogP contribution < -0.4 is 10.2 Å². The zero-order valence-electron chi connectivity index (χ0n) is 19.0. The van der Waals surface area contributed by atoms with E-state index in [0.29, 0.717) is 18.1 Å². The first-order chi connectivity index (χ1) is 15.8. The van der Waals surface area contributed by atoms with E-state index < -0.39 is 11.2 Å². The summed E-state index contributed by atoms with van der Waals surface area (Å²) >= 11 is 7.42. The summed E-state index contributed by atoms with van der Waals surface area (Å²) in [4.78, 5) is 29.5. The molecule has 6 heteroatoms. The second kappa shape index (κ2) is 10.0. The number of aryl methyl sites for hydroxylation is 2. The number of carbonyl (C=O) groups excluding carboxylic acids is 2. The molecular formula is C27H27ClN2O2S. The average molecular weight is 479 g/mol. The number of hydrogen-bond acceptors (Lipinski definition) is 3. The Morgan fingerprint density at radius 2 is 1.82 bits per heavy atom. The zero-order chi connectivity index (χ0) is 23.5. The highest BCUT2D eigenvalue weighted by Gasteiger charge is 2.39. The number of benzene rings is 3.